The molecule has 2 aromatic rings. The Bertz CT molecular complexity index is 410. The van der Waals surface area contributed by atoms with E-state index in [4.69, 9.17) is 5.73 Å². The van der Waals surface area contributed by atoms with Crippen molar-refractivity contribution in [1.82, 2.24) is 14.3 Å². The van der Waals surface area contributed by atoms with Gasteiger partial charge in [-0.1, -0.05) is 11.8 Å². The molecule has 6 heteroatoms. The van der Waals surface area contributed by atoms with Gasteiger partial charge in [0.1, 0.15) is 6.33 Å². The first-order valence-electron chi connectivity index (χ1n) is 4.42. The van der Waals surface area contributed by atoms with Gasteiger partial charge in [-0.3, -0.25) is 4.98 Å². The molecule has 0 aromatic carbocycles. The fraction of sp³-hybridized carbons (Fsp3) is 0.222. The summed E-state index contributed by atoms with van der Waals surface area (Å²) < 4.78 is 4.86. The topological polar surface area (TPSA) is 64.7 Å². The molecule has 0 aliphatic heterocycles. The minimum absolute atomic E-state index is 0.0226. The third-order valence-electron chi connectivity index (χ3n) is 1.77. The zero-order chi connectivity index (χ0) is 10.7. The molecule has 0 fully saturated rings. The van der Waals surface area contributed by atoms with Gasteiger partial charge in [-0.05, 0) is 30.6 Å². The summed E-state index contributed by atoms with van der Waals surface area (Å²) in [4.78, 5) is 9.41. The Hall–Kier alpha value is -0.980. The van der Waals surface area contributed by atoms with Crippen LogP contribution in [-0.2, 0) is 0 Å². The van der Waals surface area contributed by atoms with E-state index in [1.807, 2.05) is 25.3 Å². The van der Waals surface area contributed by atoms with Gasteiger partial charge in [0.2, 0.25) is 0 Å². The molecule has 0 saturated heterocycles. The number of pyridine rings is 1. The van der Waals surface area contributed by atoms with Crippen molar-refractivity contribution in [2.24, 2.45) is 5.73 Å². The van der Waals surface area contributed by atoms with Gasteiger partial charge in [0, 0.05) is 17.1 Å². The molecule has 2 N–H and O–H groups in total. The molecule has 0 aliphatic carbocycles. The molecular formula is C9H10N4S2. The Kier molecular flexibility index (Phi) is 3.30. The minimum atomic E-state index is -0.0226. The van der Waals surface area contributed by atoms with E-state index in [-0.39, 0.29) is 6.04 Å². The van der Waals surface area contributed by atoms with Gasteiger partial charge in [0.05, 0.1) is 5.69 Å². The van der Waals surface area contributed by atoms with Gasteiger partial charge in [0.15, 0.2) is 4.34 Å². The van der Waals surface area contributed by atoms with Crippen LogP contribution in [0.5, 0.6) is 0 Å². The summed E-state index contributed by atoms with van der Waals surface area (Å²) in [6, 6.07) is 3.91. The van der Waals surface area contributed by atoms with Crippen LogP contribution in [0.1, 0.15) is 18.7 Å². The molecule has 4 nitrogen and oxygen atoms in total. The van der Waals surface area contributed by atoms with E-state index in [1.165, 1.54) is 11.5 Å². The molecule has 0 amide bonds. The van der Waals surface area contributed by atoms with Crippen LogP contribution in [0.2, 0.25) is 0 Å². The van der Waals surface area contributed by atoms with E-state index in [2.05, 4.69) is 14.3 Å². The first-order valence-corrected chi connectivity index (χ1v) is 6.01. The molecule has 0 aliphatic rings. The van der Waals surface area contributed by atoms with Gasteiger partial charge in [-0.15, -0.1) is 0 Å². The number of nitrogens with zero attached hydrogens (tertiary/aromatic N) is 3. The lowest BCUT2D eigenvalue weighted by Crippen LogP contribution is -2.06. The Morgan fingerprint density at radius 1 is 1.40 bits per heavy atom. The van der Waals surface area contributed by atoms with Gasteiger partial charge in [-0.2, -0.15) is 4.37 Å². The number of nitrogens with two attached hydrogens (primary N) is 1. The number of rotatable bonds is 3. The van der Waals surface area contributed by atoms with Crippen molar-refractivity contribution in [2.45, 2.75) is 22.2 Å². The standard InChI is InChI=1S/C9H10N4S2/c1-6(10)8-3-2-7(4-11-8)14-9-12-5-13-15-9/h2-6H,10H2,1H3/t6-/m1/s1. The van der Waals surface area contributed by atoms with Crippen LogP contribution >= 0.6 is 23.3 Å². The van der Waals surface area contributed by atoms with E-state index in [0.29, 0.717) is 0 Å². The lowest BCUT2D eigenvalue weighted by Gasteiger charge is -2.04. The Labute approximate surface area is 96.1 Å². The molecule has 1 atom stereocenters. The fourth-order valence-electron chi connectivity index (χ4n) is 1.03. The second kappa shape index (κ2) is 4.69. The zero-order valence-corrected chi connectivity index (χ0v) is 9.76. The van der Waals surface area contributed by atoms with Crippen molar-refractivity contribution >= 4 is 23.3 Å². The molecule has 2 heterocycles. The van der Waals surface area contributed by atoms with Gasteiger partial charge >= 0.3 is 0 Å². The summed E-state index contributed by atoms with van der Waals surface area (Å²) in [7, 11) is 0. The van der Waals surface area contributed by atoms with Crippen LogP contribution in [0.3, 0.4) is 0 Å². The second-order valence-corrected chi connectivity index (χ2v) is 5.12. The fourth-order valence-corrected chi connectivity index (χ4v) is 2.42. The quantitative estimate of drug-likeness (QED) is 0.887. The van der Waals surface area contributed by atoms with Crippen LogP contribution in [0.4, 0.5) is 0 Å². The van der Waals surface area contributed by atoms with Crippen LogP contribution in [0.25, 0.3) is 0 Å². The third-order valence-corrected chi connectivity index (χ3v) is 3.46. The largest absolute Gasteiger partial charge is 0.323 e. The molecule has 0 spiro atoms. The highest BCUT2D eigenvalue weighted by atomic mass is 32.2. The van der Waals surface area contributed by atoms with Crippen molar-refractivity contribution in [3.05, 3.63) is 30.4 Å². The average molecular weight is 238 g/mol. The highest BCUT2D eigenvalue weighted by molar-refractivity contribution is 8.01. The summed E-state index contributed by atoms with van der Waals surface area (Å²) in [6.45, 7) is 1.92. The Balaban J connectivity index is 2.11. The Morgan fingerprint density at radius 2 is 2.27 bits per heavy atom. The van der Waals surface area contributed by atoms with E-state index >= 15 is 0 Å². The van der Waals surface area contributed by atoms with Crippen molar-refractivity contribution in [3.8, 4) is 0 Å². The van der Waals surface area contributed by atoms with Crippen LogP contribution in [0, 0.1) is 0 Å². The van der Waals surface area contributed by atoms with E-state index in [0.717, 1.165) is 14.9 Å². The molecule has 15 heavy (non-hydrogen) atoms. The maximum Gasteiger partial charge on any atom is 0.174 e. The second-order valence-electron chi connectivity index (χ2n) is 3.02. The van der Waals surface area contributed by atoms with Crippen LogP contribution in [0.15, 0.2) is 33.9 Å². The molecule has 0 saturated carbocycles. The van der Waals surface area contributed by atoms with Crippen LogP contribution in [-0.4, -0.2) is 14.3 Å². The molecule has 2 aromatic heterocycles. The number of hydrogen-bond acceptors (Lipinski definition) is 6. The lowest BCUT2D eigenvalue weighted by molar-refractivity contribution is 0.777. The molecule has 2 rings (SSSR count). The smallest absolute Gasteiger partial charge is 0.174 e. The predicted octanol–water partition coefficient (Wildman–Crippen LogP) is 2.10. The Morgan fingerprint density at radius 3 is 2.80 bits per heavy atom. The van der Waals surface area contributed by atoms with Gasteiger partial charge in [-0.25, -0.2) is 4.98 Å². The van der Waals surface area contributed by atoms with E-state index in [9.17, 15) is 0 Å². The van der Waals surface area contributed by atoms with Crippen LogP contribution < -0.4 is 5.73 Å². The molecule has 0 bridgehead atoms. The maximum absolute atomic E-state index is 5.71. The molecule has 78 valence electrons. The van der Waals surface area contributed by atoms with E-state index in [1.54, 1.807) is 18.1 Å². The number of hydrogen-bond donors (Lipinski definition) is 1. The van der Waals surface area contributed by atoms with Crippen molar-refractivity contribution in [1.29, 1.82) is 0 Å². The summed E-state index contributed by atoms with van der Waals surface area (Å²) in [5, 5.41) is 0. The maximum atomic E-state index is 5.71. The summed E-state index contributed by atoms with van der Waals surface area (Å²) in [6.07, 6.45) is 3.36. The summed E-state index contributed by atoms with van der Waals surface area (Å²) in [5.41, 5.74) is 6.61. The predicted molar refractivity (Wildman–Crippen MR) is 60.9 cm³/mol. The lowest BCUT2D eigenvalue weighted by atomic mass is 10.2. The number of aromatic nitrogens is 3. The SMILES string of the molecule is C[C@@H](N)c1ccc(Sc2ncns2)cn1. The molecular weight excluding hydrogens is 228 g/mol. The first kappa shape index (κ1) is 10.5. The van der Waals surface area contributed by atoms with Crippen molar-refractivity contribution in [3.63, 3.8) is 0 Å². The summed E-state index contributed by atoms with van der Waals surface area (Å²) in [5.74, 6) is 0. The normalized spacial score (nSPS) is 12.7. The average Bonchev–Trinajstić information content (AvgIpc) is 2.71. The highest BCUT2D eigenvalue weighted by Crippen LogP contribution is 2.27. The third kappa shape index (κ3) is 2.74. The highest BCUT2D eigenvalue weighted by Gasteiger charge is 2.03. The van der Waals surface area contributed by atoms with E-state index < -0.39 is 0 Å². The minimum Gasteiger partial charge on any atom is -0.323 e. The van der Waals surface area contributed by atoms with Gasteiger partial charge in [0.25, 0.3) is 0 Å². The molecule has 0 radical (unpaired) electrons. The monoisotopic (exact) mass is 238 g/mol. The van der Waals surface area contributed by atoms with Crippen molar-refractivity contribution in [2.75, 3.05) is 0 Å². The van der Waals surface area contributed by atoms with Crippen molar-refractivity contribution < 1.29 is 0 Å². The first-order chi connectivity index (χ1) is 7.25. The molecule has 0 unspecified atom stereocenters. The van der Waals surface area contributed by atoms with Gasteiger partial charge < -0.3 is 5.73 Å². The summed E-state index contributed by atoms with van der Waals surface area (Å²) >= 11 is 2.93. The zero-order valence-electron chi connectivity index (χ0n) is 8.12.